The summed E-state index contributed by atoms with van der Waals surface area (Å²) >= 11 is 0. The summed E-state index contributed by atoms with van der Waals surface area (Å²) in [5, 5.41) is 4.20. The Labute approximate surface area is 163 Å². The maximum absolute atomic E-state index is 6.06. The fourth-order valence-corrected chi connectivity index (χ4v) is 3.31. The van der Waals surface area contributed by atoms with Gasteiger partial charge in [-0.15, -0.1) is 0 Å². The highest BCUT2D eigenvalue weighted by atomic mass is 16.5. The number of nitrogens with two attached hydrogens (primary N) is 1. The molecule has 1 aliphatic heterocycles. The van der Waals surface area contributed by atoms with Crippen LogP contribution in [0.3, 0.4) is 0 Å². The monoisotopic (exact) mass is 380 g/mol. The number of methoxy groups -OCH3 is 1. The molecule has 0 fully saturated rings. The van der Waals surface area contributed by atoms with E-state index in [2.05, 4.69) is 15.3 Å². The van der Waals surface area contributed by atoms with Crippen molar-refractivity contribution in [2.75, 3.05) is 32.2 Å². The van der Waals surface area contributed by atoms with E-state index in [1.54, 1.807) is 7.11 Å². The van der Waals surface area contributed by atoms with Crippen molar-refractivity contribution in [2.45, 2.75) is 12.8 Å². The quantitative estimate of drug-likeness (QED) is 0.466. The Balaban J connectivity index is 1.41. The Morgan fingerprint density at radius 1 is 1.21 bits per heavy atom. The van der Waals surface area contributed by atoms with Crippen LogP contribution in [-0.2, 0) is 6.42 Å². The van der Waals surface area contributed by atoms with Gasteiger partial charge in [-0.05, 0) is 36.2 Å². The summed E-state index contributed by atoms with van der Waals surface area (Å²) in [6, 6.07) is 11.6. The number of hydrogen-bond donors (Lipinski definition) is 3. The average molecular weight is 380 g/mol. The van der Waals surface area contributed by atoms with Crippen LogP contribution in [0.5, 0.6) is 17.2 Å². The maximum Gasteiger partial charge on any atom is 0.193 e. The second-order valence-electron chi connectivity index (χ2n) is 6.55. The summed E-state index contributed by atoms with van der Waals surface area (Å²) in [5.41, 5.74) is 9.08. The molecule has 1 aromatic heterocycles. The van der Waals surface area contributed by atoms with Crippen molar-refractivity contribution in [2.24, 2.45) is 10.7 Å². The number of aromatic nitrogens is 1. The fourth-order valence-electron chi connectivity index (χ4n) is 3.31. The lowest BCUT2D eigenvalue weighted by Gasteiger charge is -2.10. The van der Waals surface area contributed by atoms with Crippen LogP contribution in [0.25, 0.3) is 10.9 Å². The van der Waals surface area contributed by atoms with Crippen LogP contribution < -0.4 is 25.3 Å². The molecule has 4 rings (SSSR count). The van der Waals surface area contributed by atoms with Crippen LogP contribution in [0.2, 0.25) is 0 Å². The number of ether oxygens (including phenoxy) is 3. The molecule has 2 heterocycles. The zero-order chi connectivity index (χ0) is 19.3. The predicted octanol–water partition coefficient (Wildman–Crippen LogP) is 3.31. The predicted molar refractivity (Wildman–Crippen MR) is 111 cm³/mol. The Morgan fingerprint density at radius 3 is 2.93 bits per heavy atom. The number of fused-ring (bicyclic) bond motifs is 2. The number of guanidine groups is 1. The van der Waals surface area contributed by atoms with Gasteiger partial charge in [0.1, 0.15) is 5.75 Å². The maximum atomic E-state index is 6.06. The van der Waals surface area contributed by atoms with Crippen molar-refractivity contribution in [1.82, 2.24) is 4.98 Å². The van der Waals surface area contributed by atoms with E-state index in [9.17, 15) is 0 Å². The van der Waals surface area contributed by atoms with Gasteiger partial charge in [0.25, 0.3) is 0 Å². The molecule has 0 saturated heterocycles. The van der Waals surface area contributed by atoms with Gasteiger partial charge in [0.2, 0.25) is 0 Å². The van der Waals surface area contributed by atoms with Gasteiger partial charge in [-0.25, -0.2) is 0 Å². The first-order valence-corrected chi connectivity index (χ1v) is 9.34. The van der Waals surface area contributed by atoms with Crippen LogP contribution in [-0.4, -0.2) is 37.8 Å². The smallest absolute Gasteiger partial charge is 0.193 e. The van der Waals surface area contributed by atoms with Gasteiger partial charge in [0.05, 0.1) is 20.3 Å². The molecule has 3 aromatic rings. The zero-order valence-corrected chi connectivity index (χ0v) is 15.8. The molecular weight excluding hydrogens is 356 g/mol. The summed E-state index contributed by atoms with van der Waals surface area (Å²) in [6.07, 6.45) is 3.62. The lowest BCUT2D eigenvalue weighted by Crippen LogP contribution is -2.23. The summed E-state index contributed by atoms with van der Waals surface area (Å²) in [5.74, 6) is 2.70. The Bertz CT molecular complexity index is 996. The van der Waals surface area contributed by atoms with Crippen LogP contribution in [0, 0.1) is 0 Å². The normalized spacial score (nSPS) is 14.0. The highest BCUT2D eigenvalue weighted by molar-refractivity contribution is 5.93. The number of hydrogen-bond acceptors (Lipinski definition) is 4. The number of benzene rings is 2. The van der Waals surface area contributed by atoms with Gasteiger partial charge in [0, 0.05) is 41.8 Å². The van der Waals surface area contributed by atoms with Crippen LogP contribution in [0.4, 0.5) is 5.69 Å². The third-order valence-electron chi connectivity index (χ3n) is 4.65. The standard InChI is InChI=1S/C21H24N4O3/c1-26-18-5-2-4-16-20(18)14(13-24-16)8-9-23-21(22)25-15-6-7-17-19(12-15)28-11-3-10-27-17/h2,4-7,12-13,24H,3,8-11H2,1H3,(H3,22,23,25). The minimum atomic E-state index is 0.362. The molecular formula is C21H24N4O3. The van der Waals surface area contributed by atoms with Gasteiger partial charge in [-0.3, -0.25) is 4.99 Å². The molecule has 146 valence electrons. The van der Waals surface area contributed by atoms with Gasteiger partial charge in [-0.1, -0.05) is 6.07 Å². The largest absolute Gasteiger partial charge is 0.496 e. The number of aliphatic imine (C=N–C) groups is 1. The minimum Gasteiger partial charge on any atom is -0.496 e. The molecule has 0 bridgehead atoms. The van der Waals surface area contributed by atoms with Crippen molar-refractivity contribution < 1.29 is 14.2 Å². The molecule has 0 spiro atoms. The lowest BCUT2D eigenvalue weighted by atomic mass is 10.1. The Hall–Kier alpha value is -3.35. The van der Waals surface area contributed by atoms with Crippen molar-refractivity contribution >= 4 is 22.5 Å². The first kappa shape index (κ1) is 18.0. The third kappa shape index (κ3) is 3.83. The third-order valence-corrected chi connectivity index (χ3v) is 4.65. The van der Waals surface area contributed by atoms with E-state index < -0.39 is 0 Å². The molecule has 0 saturated carbocycles. The molecule has 0 radical (unpaired) electrons. The van der Waals surface area contributed by atoms with Crippen LogP contribution in [0.1, 0.15) is 12.0 Å². The average Bonchev–Trinajstić information content (AvgIpc) is 2.97. The highest BCUT2D eigenvalue weighted by Gasteiger charge is 2.11. The number of nitrogens with one attached hydrogen (secondary N) is 2. The number of anilines is 1. The van der Waals surface area contributed by atoms with Crippen LogP contribution in [0.15, 0.2) is 47.6 Å². The van der Waals surface area contributed by atoms with E-state index in [0.717, 1.165) is 52.2 Å². The topological polar surface area (TPSA) is 93.9 Å². The van der Waals surface area contributed by atoms with Gasteiger partial charge < -0.3 is 30.2 Å². The summed E-state index contributed by atoms with van der Waals surface area (Å²) < 4.78 is 16.8. The van der Waals surface area contributed by atoms with Gasteiger partial charge >= 0.3 is 0 Å². The molecule has 1 aliphatic rings. The highest BCUT2D eigenvalue weighted by Crippen LogP contribution is 2.32. The zero-order valence-electron chi connectivity index (χ0n) is 15.8. The molecule has 0 unspecified atom stereocenters. The number of aromatic amines is 1. The number of H-pyrrole nitrogens is 1. The lowest BCUT2D eigenvalue weighted by molar-refractivity contribution is 0.297. The van der Waals surface area contributed by atoms with E-state index in [1.807, 2.05) is 42.6 Å². The minimum absolute atomic E-state index is 0.362. The van der Waals surface area contributed by atoms with Crippen LogP contribution >= 0.6 is 0 Å². The van der Waals surface area contributed by atoms with E-state index in [0.29, 0.717) is 25.7 Å². The number of nitrogens with zero attached hydrogens (tertiary/aromatic N) is 1. The molecule has 7 heteroatoms. The Kier molecular flexibility index (Phi) is 5.23. The molecule has 4 N–H and O–H groups in total. The van der Waals surface area contributed by atoms with E-state index >= 15 is 0 Å². The van der Waals surface area contributed by atoms with Crippen molar-refractivity contribution in [3.63, 3.8) is 0 Å². The van der Waals surface area contributed by atoms with Crippen molar-refractivity contribution in [3.8, 4) is 17.2 Å². The summed E-state index contributed by atoms with van der Waals surface area (Å²) in [4.78, 5) is 7.72. The fraction of sp³-hybridized carbons (Fsp3) is 0.286. The molecule has 2 aromatic carbocycles. The second-order valence-corrected chi connectivity index (χ2v) is 6.55. The number of rotatable bonds is 5. The van der Waals surface area contributed by atoms with Gasteiger partial charge in [-0.2, -0.15) is 0 Å². The van der Waals surface area contributed by atoms with E-state index in [1.165, 1.54) is 0 Å². The summed E-state index contributed by atoms with van der Waals surface area (Å²) in [7, 11) is 1.68. The van der Waals surface area contributed by atoms with E-state index in [4.69, 9.17) is 19.9 Å². The van der Waals surface area contributed by atoms with E-state index in [-0.39, 0.29) is 0 Å². The molecule has 0 amide bonds. The first-order chi connectivity index (χ1) is 13.7. The first-order valence-electron chi connectivity index (χ1n) is 9.34. The molecule has 0 atom stereocenters. The molecule has 7 nitrogen and oxygen atoms in total. The Morgan fingerprint density at radius 2 is 2.07 bits per heavy atom. The molecule has 0 aliphatic carbocycles. The SMILES string of the molecule is COc1cccc2[nH]cc(CCN=C(N)Nc3ccc4c(c3)OCCCO4)c12. The van der Waals surface area contributed by atoms with Gasteiger partial charge in [0.15, 0.2) is 17.5 Å². The molecule has 28 heavy (non-hydrogen) atoms. The van der Waals surface area contributed by atoms with Crippen molar-refractivity contribution in [1.29, 1.82) is 0 Å². The summed E-state index contributed by atoms with van der Waals surface area (Å²) in [6.45, 7) is 1.88. The second kappa shape index (κ2) is 8.12. The van der Waals surface area contributed by atoms with Crippen molar-refractivity contribution in [3.05, 3.63) is 48.2 Å².